The van der Waals surface area contributed by atoms with Crippen LogP contribution in [0.5, 0.6) is 0 Å². The standard InChI is InChI=1S/C14H15N3OS/c15-14-17-13(10-19-14)9-16-8-12-5-3-11(4-6-12)2-1-7-18/h3-6,10,16,18H,7-9H2,(H2,15,17). The van der Waals surface area contributed by atoms with Crippen LogP contribution in [0.2, 0.25) is 0 Å². The molecular formula is C14H15N3OS. The summed E-state index contributed by atoms with van der Waals surface area (Å²) in [5.41, 5.74) is 8.62. The quantitative estimate of drug-likeness (QED) is 0.736. The minimum atomic E-state index is -0.111. The van der Waals surface area contributed by atoms with E-state index < -0.39 is 0 Å². The first kappa shape index (κ1) is 13.6. The van der Waals surface area contributed by atoms with Gasteiger partial charge in [-0.25, -0.2) is 4.98 Å². The van der Waals surface area contributed by atoms with Gasteiger partial charge in [0.2, 0.25) is 0 Å². The van der Waals surface area contributed by atoms with Crippen LogP contribution in [0, 0.1) is 11.8 Å². The van der Waals surface area contributed by atoms with Gasteiger partial charge in [0.25, 0.3) is 0 Å². The maximum Gasteiger partial charge on any atom is 0.180 e. The van der Waals surface area contributed by atoms with Crippen LogP contribution in [0.4, 0.5) is 5.13 Å². The Kier molecular flexibility index (Phi) is 4.93. The van der Waals surface area contributed by atoms with Crippen LogP contribution >= 0.6 is 11.3 Å². The molecule has 2 aromatic rings. The van der Waals surface area contributed by atoms with Gasteiger partial charge in [0.15, 0.2) is 5.13 Å². The van der Waals surface area contributed by atoms with Crippen LogP contribution in [-0.2, 0) is 13.1 Å². The number of anilines is 1. The zero-order chi connectivity index (χ0) is 13.5. The number of aromatic nitrogens is 1. The third-order valence-corrected chi connectivity index (χ3v) is 3.19. The lowest BCUT2D eigenvalue weighted by molar-refractivity contribution is 0.350. The van der Waals surface area contributed by atoms with Gasteiger partial charge in [-0.1, -0.05) is 24.0 Å². The summed E-state index contributed by atoms with van der Waals surface area (Å²) in [6, 6.07) is 7.93. The van der Waals surface area contributed by atoms with E-state index in [0.717, 1.165) is 17.8 Å². The molecule has 0 spiro atoms. The molecule has 1 aromatic heterocycles. The van der Waals surface area contributed by atoms with E-state index in [0.29, 0.717) is 11.7 Å². The zero-order valence-corrected chi connectivity index (χ0v) is 11.2. The SMILES string of the molecule is Nc1nc(CNCc2ccc(C#CCO)cc2)cs1. The molecule has 19 heavy (non-hydrogen) atoms. The number of nitrogens with two attached hydrogens (primary N) is 1. The Hall–Kier alpha value is -1.87. The first-order chi connectivity index (χ1) is 9.28. The maximum atomic E-state index is 8.61. The first-order valence-electron chi connectivity index (χ1n) is 5.87. The summed E-state index contributed by atoms with van der Waals surface area (Å²) >= 11 is 1.45. The lowest BCUT2D eigenvalue weighted by atomic mass is 10.1. The van der Waals surface area contributed by atoms with Crippen molar-refractivity contribution in [1.82, 2.24) is 10.3 Å². The van der Waals surface area contributed by atoms with Crippen molar-refractivity contribution in [2.75, 3.05) is 12.3 Å². The van der Waals surface area contributed by atoms with Gasteiger partial charge in [0.05, 0.1) is 5.69 Å². The van der Waals surface area contributed by atoms with Crippen LogP contribution in [0.1, 0.15) is 16.8 Å². The van der Waals surface area contributed by atoms with Gasteiger partial charge in [0.1, 0.15) is 6.61 Å². The number of thiazole rings is 1. The van der Waals surface area contributed by atoms with Crippen LogP contribution in [0.25, 0.3) is 0 Å². The van der Waals surface area contributed by atoms with E-state index in [1.165, 1.54) is 16.9 Å². The summed E-state index contributed by atoms with van der Waals surface area (Å²) in [6.45, 7) is 1.37. The van der Waals surface area contributed by atoms with Crippen molar-refractivity contribution < 1.29 is 5.11 Å². The van der Waals surface area contributed by atoms with Crippen molar-refractivity contribution in [2.24, 2.45) is 0 Å². The Morgan fingerprint density at radius 2 is 2.05 bits per heavy atom. The molecule has 0 aliphatic carbocycles. The molecule has 0 saturated carbocycles. The molecule has 1 aromatic carbocycles. The van der Waals surface area contributed by atoms with Gasteiger partial charge >= 0.3 is 0 Å². The largest absolute Gasteiger partial charge is 0.384 e. The molecule has 2 rings (SSSR count). The van der Waals surface area contributed by atoms with Crippen molar-refractivity contribution in [3.63, 3.8) is 0 Å². The highest BCUT2D eigenvalue weighted by Gasteiger charge is 1.98. The number of nitrogens with one attached hydrogen (secondary N) is 1. The number of hydrogen-bond donors (Lipinski definition) is 3. The summed E-state index contributed by atoms with van der Waals surface area (Å²) in [5, 5.41) is 14.5. The minimum Gasteiger partial charge on any atom is -0.384 e. The Bertz CT molecular complexity index is 581. The van der Waals surface area contributed by atoms with E-state index in [1.807, 2.05) is 29.6 Å². The zero-order valence-electron chi connectivity index (χ0n) is 10.4. The number of nitrogens with zero attached hydrogens (tertiary/aromatic N) is 1. The molecule has 0 fully saturated rings. The molecular weight excluding hydrogens is 258 g/mol. The Morgan fingerprint density at radius 3 is 2.68 bits per heavy atom. The molecule has 0 atom stereocenters. The van der Waals surface area contributed by atoms with Gasteiger partial charge in [-0.3, -0.25) is 0 Å². The number of benzene rings is 1. The Labute approximate surface area is 116 Å². The monoisotopic (exact) mass is 273 g/mol. The van der Waals surface area contributed by atoms with E-state index in [1.54, 1.807) is 0 Å². The predicted octanol–water partition coefficient (Wildman–Crippen LogP) is 1.36. The van der Waals surface area contributed by atoms with Gasteiger partial charge < -0.3 is 16.2 Å². The van der Waals surface area contributed by atoms with Crippen molar-refractivity contribution in [1.29, 1.82) is 0 Å². The van der Waals surface area contributed by atoms with E-state index in [-0.39, 0.29) is 6.61 Å². The maximum absolute atomic E-state index is 8.61. The summed E-state index contributed by atoms with van der Waals surface area (Å²) in [5.74, 6) is 5.49. The number of rotatable bonds is 4. The molecule has 0 aliphatic heterocycles. The molecule has 0 bridgehead atoms. The van der Waals surface area contributed by atoms with Gasteiger partial charge in [-0.15, -0.1) is 11.3 Å². The van der Waals surface area contributed by atoms with Crippen LogP contribution in [0.15, 0.2) is 29.6 Å². The Morgan fingerprint density at radius 1 is 1.26 bits per heavy atom. The van der Waals surface area contributed by atoms with E-state index in [9.17, 15) is 0 Å². The van der Waals surface area contributed by atoms with Gasteiger partial charge in [-0.2, -0.15) is 0 Å². The topological polar surface area (TPSA) is 71.2 Å². The normalized spacial score (nSPS) is 9.95. The van der Waals surface area contributed by atoms with Crippen molar-refractivity contribution in [2.45, 2.75) is 13.1 Å². The fourth-order valence-corrected chi connectivity index (χ4v) is 2.15. The van der Waals surface area contributed by atoms with E-state index in [4.69, 9.17) is 10.8 Å². The summed E-state index contributed by atoms with van der Waals surface area (Å²) in [4.78, 5) is 4.18. The van der Waals surface area contributed by atoms with Crippen molar-refractivity contribution in [3.8, 4) is 11.8 Å². The number of nitrogen functional groups attached to an aromatic ring is 1. The minimum absolute atomic E-state index is 0.111. The molecule has 0 unspecified atom stereocenters. The highest BCUT2D eigenvalue weighted by atomic mass is 32.1. The second-order valence-corrected chi connectivity index (χ2v) is 4.83. The molecule has 0 amide bonds. The highest BCUT2D eigenvalue weighted by Crippen LogP contribution is 2.10. The fourth-order valence-electron chi connectivity index (χ4n) is 1.59. The molecule has 1 heterocycles. The van der Waals surface area contributed by atoms with Crippen LogP contribution < -0.4 is 11.1 Å². The lowest BCUT2D eigenvalue weighted by Crippen LogP contribution is -2.12. The van der Waals surface area contributed by atoms with Gasteiger partial charge in [0, 0.05) is 24.0 Å². The molecule has 0 radical (unpaired) electrons. The van der Waals surface area contributed by atoms with Gasteiger partial charge in [-0.05, 0) is 17.7 Å². The second kappa shape index (κ2) is 6.90. The summed E-state index contributed by atoms with van der Waals surface area (Å²) < 4.78 is 0. The third kappa shape index (κ3) is 4.38. The third-order valence-electron chi connectivity index (χ3n) is 2.47. The van der Waals surface area contributed by atoms with Crippen molar-refractivity contribution >= 4 is 16.5 Å². The summed E-state index contributed by atoms with van der Waals surface area (Å²) in [6.07, 6.45) is 0. The molecule has 0 aliphatic rings. The van der Waals surface area contributed by atoms with Crippen LogP contribution in [0.3, 0.4) is 0 Å². The van der Waals surface area contributed by atoms with E-state index in [2.05, 4.69) is 22.1 Å². The fraction of sp³-hybridized carbons (Fsp3) is 0.214. The smallest absolute Gasteiger partial charge is 0.180 e. The molecule has 4 nitrogen and oxygen atoms in total. The number of aliphatic hydroxyl groups excluding tert-OH is 1. The second-order valence-electron chi connectivity index (χ2n) is 3.94. The van der Waals surface area contributed by atoms with E-state index >= 15 is 0 Å². The number of aliphatic hydroxyl groups is 1. The molecule has 5 heteroatoms. The average molecular weight is 273 g/mol. The molecule has 0 saturated heterocycles. The van der Waals surface area contributed by atoms with Crippen LogP contribution in [-0.4, -0.2) is 16.7 Å². The predicted molar refractivity (Wildman–Crippen MR) is 77.5 cm³/mol. The average Bonchev–Trinajstić information content (AvgIpc) is 2.84. The van der Waals surface area contributed by atoms with Crippen molar-refractivity contribution in [3.05, 3.63) is 46.5 Å². The Balaban J connectivity index is 1.83. The first-order valence-corrected chi connectivity index (χ1v) is 6.75. The summed E-state index contributed by atoms with van der Waals surface area (Å²) in [7, 11) is 0. The highest BCUT2D eigenvalue weighted by molar-refractivity contribution is 7.13. The number of hydrogen-bond acceptors (Lipinski definition) is 5. The molecule has 98 valence electrons. The molecule has 4 N–H and O–H groups in total. The lowest BCUT2D eigenvalue weighted by Gasteiger charge is -2.03.